The number of hydrogen-bond donors (Lipinski definition) is 1. The fourth-order valence-corrected chi connectivity index (χ4v) is 2.60. The van der Waals surface area contributed by atoms with Gasteiger partial charge < -0.3 is 14.8 Å². The number of para-hydroxylation sites is 1. The summed E-state index contributed by atoms with van der Waals surface area (Å²) in [7, 11) is 0. The molecule has 140 valence electrons. The third-order valence-corrected chi connectivity index (χ3v) is 3.98. The highest BCUT2D eigenvalue weighted by molar-refractivity contribution is 5.80. The average molecular weight is 355 g/mol. The molecule has 0 radical (unpaired) electrons. The van der Waals surface area contributed by atoms with E-state index in [0.29, 0.717) is 12.5 Å². The Bertz CT molecular complexity index is 708. The fourth-order valence-electron chi connectivity index (χ4n) is 2.60. The fraction of sp³-hybridized carbons (Fsp3) is 0.409. The van der Waals surface area contributed by atoms with Crippen molar-refractivity contribution in [3.8, 4) is 11.5 Å². The lowest BCUT2D eigenvalue weighted by Gasteiger charge is -2.18. The molecule has 0 aliphatic rings. The van der Waals surface area contributed by atoms with Crippen LogP contribution in [-0.2, 0) is 11.3 Å². The first-order valence-corrected chi connectivity index (χ1v) is 9.15. The summed E-state index contributed by atoms with van der Waals surface area (Å²) in [6.45, 7) is 10.4. The van der Waals surface area contributed by atoms with Crippen LogP contribution in [0.5, 0.6) is 11.5 Å². The van der Waals surface area contributed by atoms with Gasteiger partial charge in [0.1, 0.15) is 11.5 Å². The molecule has 1 amide bonds. The maximum atomic E-state index is 12.4. The van der Waals surface area contributed by atoms with Gasteiger partial charge in [0.15, 0.2) is 6.10 Å². The minimum atomic E-state index is -0.557. The van der Waals surface area contributed by atoms with E-state index in [9.17, 15) is 4.79 Å². The number of hydrogen-bond acceptors (Lipinski definition) is 3. The van der Waals surface area contributed by atoms with Crippen molar-refractivity contribution in [3.63, 3.8) is 0 Å². The van der Waals surface area contributed by atoms with E-state index in [0.717, 1.165) is 22.6 Å². The van der Waals surface area contributed by atoms with Crippen LogP contribution in [0.15, 0.2) is 48.5 Å². The van der Waals surface area contributed by atoms with Gasteiger partial charge in [-0.05, 0) is 56.0 Å². The van der Waals surface area contributed by atoms with Crippen LogP contribution in [0.2, 0.25) is 0 Å². The lowest BCUT2D eigenvalue weighted by atomic mass is 10.0. The lowest BCUT2D eigenvalue weighted by molar-refractivity contribution is -0.127. The van der Waals surface area contributed by atoms with Gasteiger partial charge in [0, 0.05) is 6.54 Å². The van der Waals surface area contributed by atoms with Crippen LogP contribution in [-0.4, -0.2) is 18.1 Å². The molecule has 0 saturated heterocycles. The van der Waals surface area contributed by atoms with E-state index in [1.807, 2.05) is 62.4 Å². The summed E-state index contributed by atoms with van der Waals surface area (Å²) in [5, 5.41) is 2.92. The van der Waals surface area contributed by atoms with Crippen LogP contribution in [0, 0.1) is 0 Å². The van der Waals surface area contributed by atoms with Gasteiger partial charge in [-0.15, -0.1) is 0 Å². The Morgan fingerprint density at radius 2 is 1.58 bits per heavy atom. The Morgan fingerprint density at radius 1 is 0.923 bits per heavy atom. The molecule has 1 atom stereocenters. The average Bonchev–Trinajstić information content (AvgIpc) is 2.60. The highest BCUT2D eigenvalue weighted by atomic mass is 16.5. The Morgan fingerprint density at radius 3 is 2.19 bits per heavy atom. The van der Waals surface area contributed by atoms with Gasteiger partial charge in [0.25, 0.3) is 5.91 Å². The number of rotatable bonds is 8. The van der Waals surface area contributed by atoms with Crippen LogP contribution in [0.25, 0.3) is 0 Å². The number of carbonyl (C=O) groups is 1. The first kappa shape index (κ1) is 19.8. The topological polar surface area (TPSA) is 47.6 Å². The molecule has 0 unspecified atom stereocenters. The monoisotopic (exact) mass is 355 g/mol. The number of ether oxygens (including phenoxy) is 2. The molecule has 0 heterocycles. The second-order valence-corrected chi connectivity index (χ2v) is 6.98. The molecule has 0 saturated carbocycles. The van der Waals surface area contributed by atoms with Gasteiger partial charge in [-0.2, -0.15) is 0 Å². The zero-order valence-electron chi connectivity index (χ0n) is 16.3. The summed E-state index contributed by atoms with van der Waals surface area (Å²) in [4.78, 5) is 12.4. The van der Waals surface area contributed by atoms with Crippen LogP contribution < -0.4 is 14.8 Å². The molecule has 0 aliphatic carbocycles. The van der Waals surface area contributed by atoms with Gasteiger partial charge in [-0.1, -0.05) is 44.2 Å². The molecular formula is C22H29NO3. The molecule has 0 fully saturated rings. The quantitative estimate of drug-likeness (QED) is 0.748. The normalized spacial score (nSPS) is 12.1. The Hall–Kier alpha value is -2.49. The van der Waals surface area contributed by atoms with Crippen molar-refractivity contribution >= 4 is 5.91 Å². The molecule has 0 aliphatic heterocycles. The van der Waals surface area contributed by atoms with Crippen molar-refractivity contribution in [2.75, 3.05) is 0 Å². The smallest absolute Gasteiger partial charge is 0.261 e. The predicted molar refractivity (Wildman–Crippen MR) is 105 cm³/mol. The highest BCUT2D eigenvalue weighted by Crippen LogP contribution is 2.26. The van der Waals surface area contributed by atoms with Gasteiger partial charge >= 0.3 is 0 Å². The van der Waals surface area contributed by atoms with Crippen molar-refractivity contribution in [1.29, 1.82) is 0 Å². The number of benzene rings is 2. The summed E-state index contributed by atoms with van der Waals surface area (Å²) in [5.74, 6) is 1.80. The van der Waals surface area contributed by atoms with E-state index in [2.05, 4.69) is 19.2 Å². The summed E-state index contributed by atoms with van der Waals surface area (Å²) in [6, 6.07) is 15.6. The first-order valence-electron chi connectivity index (χ1n) is 9.15. The minimum absolute atomic E-state index is 0.133. The lowest BCUT2D eigenvalue weighted by Crippen LogP contribution is -2.36. The van der Waals surface area contributed by atoms with E-state index in [1.165, 1.54) is 0 Å². The van der Waals surface area contributed by atoms with Gasteiger partial charge in [0.05, 0.1) is 6.10 Å². The molecule has 4 heteroatoms. The summed E-state index contributed by atoms with van der Waals surface area (Å²) in [5.41, 5.74) is 2.12. The van der Waals surface area contributed by atoms with Crippen molar-refractivity contribution in [3.05, 3.63) is 59.7 Å². The van der Waals surface area contributed by atoms with E-state index in [4.69, 9.17) is 9.47 Å². The van der Waals surface area contributed by atoms with Gasteiger partial charge in [-0.3, -0.25) is 4.79 Å². The zero-order chi connectivity index (χ0) is 19.1. The van der Waals surface area contributed by atoms with Crippen molar-refractivity contribution in [2.24, 2.45) is 0 Å². The maximum absolute atomic E-state index is 12.4. The maximum Gasteiger partial charge on any atom is 0.261 e. The predicted octanol–water partition coefficient (Wildman–Crippen LogP) is 4.68. The Kier molecular flexibility index (Phi) is 7.07. The number of nitrogens with one attached hydrogen (secondary N) is 1. The molecule has 2 aromatic carbocycles. The largest absolute Gasteiger partial charge is 0.491 e. The van der Waals surface area contributed by atoms with Crippen LogP contribution in [0.4, 0.5) is 0 Å². The van der Waals surface area contributed by atoms with Crippen molar-refractivity contribution in [1.82, 2.24) is 5.32 Å². The van der Waals surface area contributed by atoms with Gasteiger partial charge in [-0.25, -0.2) is 0 Å². The SMILES string of the molecule is CC(C)Oc1ccc(CNC(=O)[C@@H](C)Oc2ccccc2C(C)C)cc1. The van der Waals surface area contributed by atoms with Crippen molar-refractivity contribution in [2.45, 2.75) is 59.3 Å². The molecule has 0 bridgehead atoms. The van der Waals surface area contributed by atoms with Crippen molar-refractivity contribution < 1.29 is 14.3 Å². The zero-order valence-corrected chi connectivity index (χ0v) is 16.3. The molecule has 2 aromatic rings. The number of amides is 1. The number of carbonyl (C=O) groups excluding carboxylic acids is 1. The van der Waals surface area contributed by atoms with E-state index >= 15 is 0 Å². The summed E-state index contributed by atoms with van der Waals surface area (Å²) >= 11 is 0. The van der Waals surface area contributed by atoms with Gasteiger partial charge in [0.2, 0.25) is 0 Å². The van der Waals surface area contributed by atoms with Crippen LogP contribution in [0.1, 0.15) is 51.7 Å². The highest BCUT2D eigenvalue weighted by Gasteiger charge is 2.17. The molecule has 2 rings (SSSR count). The van der Waals surface area contributed by atoms with E-state index in [1.54, 1.807) is 6.92 Å². The standard InChI is InChI=1S/C22H29NO3/c1-15(2)20-8-6-7-9-21(20)26-17(5)22(24)23-14-18-10-12-19(13-11-18)25-16(3)4/h6-13,15-17H,14H2,1-5H3,(H,23,24)/t17-/m1/s1. The second-order valence-electron chi connectivity index (χ2n) is 6.98. The van der Waals surface area contributed by atoms with E-state index < -0.39 is 6.10 Å². The minimum Gasteiger partial charge on any atom is -0.491 e. The Labute approximate surface area is 156 Å². The van der Waals surface area contributed by atoms with Crippen LogP contribution in [0.3, 0.4) is 0 Å². The summed E-state index contributed by atoms with van der Waals surface area (Å²) < 4.78 is 11.5. The Balaban J connectivity index is 1.89. The third-order valence-electron chi connectivity index (χ3n) is 3.98. The second kappa shape index (κ2) is 9.27. The molecule has 4 nitrogen and oxygen atoms in total. The molecule has 0 aromatic heterocycles. The molecule has 26 heavy (non-hydrogen) atoms. The molecule has 1 N–H and O–H groups in total. The van der Waals surface area contributed by atoms with E-state index in [-0.39, 0.29) is 12.0 Å². The molecule has 0 spiro atoms. The molecular weight excluding hydrogens is 326 g/mol. The third kappa shape index (κ3) is 5.80. The van der Waals surface area contributed by atoms with Crippen LogP contribution >= 0.6 is 0 Å². The summed E-state index contributed by atoms with van der Waals surface area (Å²) in [6.07, 6.45) is -0.411. The first-order chi connectivity index (χ1) is 12.4.